The topological polar surface area (TPSA) is 61.9 Å². The second-order valence-electron chi connectivity index (χ2n) is 7.51. The highest BCUT2D eigenvalue weighted by Gasteiger charge is 2.48. The standard InChI is InChI=1S/C22H25N3O3S/c1-22(21(27)24(2)18-8-3-4-9-19(18)29-22)20(26)23-17-7-5-6-16(14-17)15-25-10-12-28-13-11-25/h3-9,14H,10-13,15H2,1-2H3,(H,23,26). The highest BCUT2D eigenvalue weighted by atomic mass is 32.2. The summed E-state index contributed by atoms with van der Waals surface area (Å²) in [6, 6.07) is 15.5. The average molecular weight is 412 g/mol. The van der Waals surface area contributed by atoms with E-state index in [4.69, 9.17) is 4.74 Å². The zero-order chi connectivity index (χ0) is 20.4. The van der Waals surface area contributed by atoms with Crippen LogP contribution in [0.25, 0.3) is 0 Å². The molecule has 2 aromatic rings. The molecule has 2 heterocycles. The van der Waals surface area contributed by atoms with Crippen LogP contribution in [0, 0.1) is 0 Å². The van der Waals surface area contributed by atoms with Crippen LogP contribution in [0.1, 0.15) is 12.5 Å². The average Bonchev–Trinajstić information content (AvgIpc) is 2.73. The first-order valence-electron chi connectivity index (χ1n) is 9.74. The van der Waals surface area contributed by atoms with Gasteiger partial charge in [0.05, 0.1) is 18.9 Å². The number of para-hydroxylation sites is 1. The van der Waals surface area contributed by atoms with Gasteiger partial charge in [-0.2, -0.15) is 0 Å². The van der Waals surface area contributed by atoms with Crippen molar-refractivity contribution in [2.45, 2.75) is 23.1 Å². The number of ether oxygens (including phenoxy) is 1. The number of fused-ring (bicyclic) bond motifs is 1. The molecule has 2 aliphatic heterocycles. The third-order valence-corrected chi connectivity index (χ3v) is 6.71. The number of rotatable bonds is 4. The highest BCUT2D eigenvalue weighted by Crippen LogP contribution is 2.45. The SMILES string of the molecule is CN1C(=O)C(C)(C(=O)Nc2cccc(CN3CCOCC3)c2)Sc2ccccc21. The molecule has 0 radical (unpaired) electrons. The summed E-state index contributed by atoms with van der Waals surface area (Å²) in [4.78, 5) is 31.0. The maximum atomic E-state index is 13.1. The van der Waals surface area contributed by atoms with Crippen molar-refractivity contribution in [3.8, 4) is 0 Å². The van der Waals surface area contributed by atoms with Gasteiger partial charge in [-0.25, -0.2) is 0 Å². The number of thioether (sulfide) groups is 1. The molecule has 1 unspecified atom stereocenters. The quantitative estimate of drug-likeness (QED) is 0.784. The second kappa shape index (κ2) is 8.18. The van der Waals surface area contributed by atoms with Crippen LogP contribution in [0.5, 0.6) is 0 Å². The second-order valence-corrected chi connectivity index (χ2v) is 8.97. The van der Waals surface area contributed by atoms with Gasteiger partial charge in [0.2, 0.25) is 5.91 Å². The van der Waals surface area contributed by atoms with Crippen LogP contribution in [0.3, 0.4) is 0 Å². The van der Waals surface area contributed by atoms with E-state index in [1.165, 1.54) is 11.8 Å². The summed E-state index contributed by atoms with van der Waals surface area (Å²) in [6.07, 6.45) is 0. The summed E-state index contributed by atoms with van der Waals surface area (Å²) >= 11 is 1.31. The fourth-order valence-corrected chi connectivity index (χ4v) is 4.94. The molecule has 1 fully saturated rings. The summed E-state index contributed by atoms with van der Waals surface area (Å²) in [5.74, 6) is -0.527. The lowest BCUT2D eigenvalue weighted by Gasteiger charge is -2.37. The molecule has 0 saturated carbocycles. The maximum Gasteiger partial charge on any atom is 0.252 e. The Labute approximate surface area is 175 Å². The van der Waals surface area contributed by atoms with E-state index in [9.17, 15) is 9.59 Å². The van der Waals surface area contributed by atoms with Crippen molar-refractivity contribution >= 4 is 35.0 Å². The van der Waals surface area contributed by atoms with Crippen molar-refractivity contribution < 1.29 is 14.3 Å². The van der Waals surface area contributed by atoms with Gasteiger partial charge in [-0.15, -0.1) is 0 Å². The normalized spacial score (nSPS) is 22.3. The lowest BCUT2D eigenvalue weighted by Crippen LogP contribution is -2.53. The van der Waals surface area contributed by atoms with E-state index < -0.39 is 4.75 Å². The Morgan fingerprint density at radius 2 is 1.93 bits per heavy atom. The first kappa shape index (κ1) is 19.9. The summed E-state index contributed by atoms with van der Waals surface area (Å²) in [5, 5.41) is 2.96. The van der Waals surface area contributed by atoms with E-state index in [0.29, 0.717) is 5.69 Å². The van der Waals surface area contributed by atoms with Gasteiger partial charge in [0.15, 0.2) is 4.75 Å². The molecule has 7 heteroatoms. The first-order chi connectivity index (χ1) is 14.0. The molecule has 0 aliphatic carbocycles. The number of amides is 2. The minimum atomic E-state index is -1.22. The van der Waals surface area contributed by atoms with Crippen molar-refractivity contribution in [3.05, 3.63) is 54.1 Å². The predicted octanol–water partition coefficient (Wildman–Crippen LogP) is 2.98. The van der Waals surface area contributed by atoms with Gasteiger partial charge in [0.25, 0.3) is 5.91 Å². The van der Waals surface area contributed by atoms with Crippen molar-refractivity contribution in [1.82, 2.24) is 4.90 Å². The number of carbonyl (C=O) groups excluding carboxylic acids is 2. The lowest BCUT2D eigenvalue weighted by atomic mass is 10.1. The molecule has 0 bridgehead atoms. The molecule has 0 spiro atoms. The molecule has 2 aliphatic rings. The zero-order valence-electron chi connectivity index (χ0n) is 16.7. The van der Waals surface area contributed by atoms with Crippen LogP contribution in [0.15, 0.2) is 53.4 Å². The van der Waals surface area contributed by atoms with E-state index >= 15 is 0 Å². The van der Waals surface area contributed by atoms with Crippen LogP contribution >= 0.6 is 11.8 Å². The molecular formula is C22H25N3O3S. The van der Waals surface area contributed by atoms with Crippen molar-refractivity contribution in [1.29, 1.82) is 0 Å². The summed E-state index contributed by atoms with van der Waals surface area (Å²) in [7, 11) is 1.72. The van der Waals surface area contributed by atoms with Gasteiger partial charge in [0, 0.05) is 37.3 Å². The predicted molar refractivity (Wildman–Crippen MR) is 115 cm³/mol. The molecule has 6 nitrogen and oxygen atoms in total. The van der Waals surface area contributed by atoms with Gasteiger partial charge >= 0.3 is 0 Å². The summed E-state index contributed by atoms with van der Waals surface area (Å²) in [6.45, 7) is 5.83. The Kier molecular flexibility index (Phi) is 5.63. The Morgan fingerprint density at radius 3 is 2.72 bits per heavy atom. The largest absolute Gasteiger partial charge is 0.379 e. The number of hydrogen-bond acceptors (Lipinski definition) is 5. The minimum Gasteiger partial charge on any atom is -0.379 e. The Morgan fingerprint density at radius 1 is 1.17 bits per heavy atom. The number of carbonyl (C=O) groups is 2. The van der Waals surface area contributed by atoms with Crippen molar-refractivity contribution in [2.24, 2.45) is 0 Å². The molecule has 1 N–H and O–H groups in total. The molecule has 2 aromatic carbocycles. The molecule has 0 aromatic heterocycles. The van der Waals surface area contributed by atoms with E-state index in [0.717, 1.165) is 49.0 Å². The van der Waals surface area contributed by atoms with Crippen LogP contribution < -0.4 is 10.2 Å². The maximum absolute atomic E-state index is 13.1. The number of nitrogens with zero attached hydrogens (tertiary/aromatic N) is 2. The third kappa shape index (κ3) is 4.03. The van der Waals surface area contributed by atoms with Crippen LogP contribution in [0.2, 0.25) is 0 Å². The van der Waals surface area contributed by atoms with Gasteiger partial charge in [-0.3, -0.25) is 14.5 Å². The first-order valence-corrected chi connectivity index (χ1v) is 10.6. The summed E-state index contributed by atoms with van der Waals surface area (Å²) in [5.41, 5.74) is 2.66. The van der Waals surface area contributed by atoms with Gasteiger partial charge in [-0.1, -0.05) is 36.0 Å². The molecule has 29 heavy (non-hydrogen) atoms. The van der Waals surface area contributed by atoms with Gasteiger partial charge in [0.1, 0.15) is 0 Å². The number of nitrogens with one attached hydrogen (secondary N) is 1. The Bertz CT molecular complexity index is 929. The van der Waals surface area contributed by atoms with E-state index in [-0.39, 0.29) is 11.8 Å². The fourth-order valence-electron chi connectivity index (χ4n) is 3.67. The monoisotopic (exact) mass is 411 g/mol. The number of benzene rings is 2. The highest BCUT2D eigenvalue weighted by molar-refractivity contribution is 8.02. The Hall–Kier alpha value is -2.35. The lowest BCUT2D eigenvalue weighted by molar-refractivity contribution is -0.128. The van der Waals surface area contributed by atoms with Crippen LogP contribution in [0.4, 0.5) is 11.4 Å². The van der Waals surface area contributed by atoms with Crippen LogP contribution in [-0.2, 0) is 20.9 Å². The smallest absolute Gasteiger partial charge is 0.252 e. The van der Waals surface area contributed by atoms with E-state index in [1.54, 1.807) is 18.9 Å². The van der Waals surface area contributed by atoms with Crippen LogP contribution in [-0.4, -0.2) is 54.8 Å². The Balaban J connectivity index is 1.50. The van der Waals surface area contributed by atoms with Gasteiger partial charge in [-0.05, 0) is 36.8 Å². The molecule has 152 valence electrons. The van der Waals surface area contributed by atoms with Crippen molar-refractivity contribution in [3.63, 3.8) is 0 Å². The molecule has 1 saturated heterocycles. The fraction of sp³-hybridized carbons (Fsp3) is 0.364. The molecular weight excluding hydrogens is 386 g/mol. The van der Waals surface area contributed by atoms with E-state index in [2.05, 4.69) is 16.3 Å². The van der Waals surface area contributed by atoms with E-state index in [1.807, 2.05) is 42.5 Å². The van der Waals surface area contributed by atoms with Gasteiger partial charge < -0.3 is 15.0 Å². The number of morpholine rings is 1. The number of anilines is 2. The molecule has 1 atom stereocenters. The molecule has 4 rings (SSSR count). The molecule has 2 amide bonds. The zero-order valence-corrected chi connectivity index (χ0v) is 17.5. The third-order valence-electron chi connectivity index (χ3n) is 5.38. The minimum absolute atomic E-state index is 0.219. The van der Waals surface area contributed by atoms with Crippen molar-refractivity contribution in [2.75, 3.05) is 43.6 Å². The summed E-state index contributed by atoms with van der Waals surface area (Å²) < 4.78 is 4.18. The number of hydrogen-bond donors (Lipinski definition) is 1.